The first-order valence-corrected chi connectivity index (χ1v) is 15.3. The van der Waals surface area contributed by atoms with Gasteiger partial charge in [0.25, 0.3) is 15.9 Å². The number of amides is 1. The van der Waals surface area contributed by atoms with Gasteiger partial charge in [-0.05, 0) is 59.7 Å². The molecule has 4 aromatic rings. The molecule has 1 amide bonds. The summed E-state index contributed by atoms with van der Waals surface area (Å²) in [4.78, 5) is 13.0. The zero-order valence-corrected chi connectivity index (χ0v) is 26.6. The molecule has 0 aliphatic heterocycles. The number of anilines is 1. The maximum Gasteiger partial charge on any atom is 0.265 e. The highest BCUT2D eigenvalue weighted by atomic mass is 35.5. The summed E-state index contributed by atoms with van der Waals surface area (Å²) < 4.78 is 56.0. The molecule has 11 nitrogen and oxygen atoms in total. The highest BCUT2D eigenvalue weighted by molar-refractivity contribution is 7.92. The fourth-order valence-electron chi connectivity index (χ4n) is 4.23. The summed E-state index contributed by atoms with van der Waals surface area (Å²) in [6.07, 6.45) is 1.40. The molecule has 0 aliphatic rings. The maximum absolute atomic E-state index is 13.9. The lowest BCUT2D eigenvalue weighted by atomic mass is 10.2. The molecule has 0 saturated carbocycles. The predicted octanol–water partition coefficient (Wildman–Crippen LogP) is 5.30. The number of hydrazone groups is 1. The smallest absolute Gasteiger partial charge is 0.265 e. The zero-order valence-electron chi connectivity index (χ0n) is 25.0. The topological polar surface area (TPSA) is 125 Å². The first-order chi connectivity index (χ1) is 21.7. The summed E-state index contributed by atoms with van der Waals surface area (Å²) in [5.41, 5.74) is 4.04. The van der Waals surface area contributed by atoms with E-state index in [0.29, 0.717) is 29.4 Å². The van der Waals surface area contributed by atoms with E-state index in [1.54, 1.807) is 24.3 Å². The summed E-state index contributed by atoms with van der Waals surface area (Å²) in [6, 6.07) is 23.4. The number of carbonyl (C=O) groups is 1. The van der Waals surface area contributed by atoms with Gasteiger partial charge in [-0.1, -0.05) is 41.9 Å². The molecular weight excluding hydrogens is 622 g/mol. The molecular formula is C32H32ClN3O8S. The Morgan fingerprint density at radius 1 is 0.800 bits per heavy atom. The number of nitrogens with zero attached hydrogens (tertiary/aromatic N) is 2. The van der Waals surface area contributed by atoms with Crippen LogP contribution in [-0.4, -0.2) is 55.5 Å². The van der Waals surface area contributed by atoms with Gasteiger partial charge in [0, 0.05) is 11.1 Å². The molecule has 4 aromatic carbocycles. The van der Waals surface area contributed by atoms with Crippen LogP contribution in [0.15, 0.2) is 94.9 Å². The van der Waals surface area contributed by atoms with Gasteiger partial charge in [0.05, 0.1) is 45.2 Å². The molecule has 0 heterocycles. The molecule has 45 heavy (non-hydrogen) atoms. The standard InChI is InChI=1S/C32H32ClN3O8S/c1-40-27-14-11-24(33)17-26(27)36(45(38,39)25-12-15-28(41-2)31(18-25)43-4)20-32(37)35-34-19-23-10-13-29(30(16-23)42-3)44-21-22-8-6-5-7-9-22/h5-19H,20-21H2,1-4H3,(H,35,37)/b34-19-. The number of methoxy groups -OCH3 is 4. The molecule has 0 fully saturated rings. The quantitative estimate of drug-likeness (QED) is 0.144. The average Bonchev–Trinajstić information content (AvgIpc) is 3.06. The second kappa shape index (κ2) is 15.2. The Morgan fingerprint density at radius 2 is 1.44 bits per heavy atom. The average molecular weight is 654 g/mol. The predicted molar refractivity (Wildman–Crippen MR) is 172 cm³/mol. The summed E-state index contributed by atoms with van der Waals surface area (Å²) in [5.74, 6) is 0.990. The van der Waals surface area contributed by atoms with Gasteiger partial charge in [0.2, 0.25) is 0 Å². The molecule has 0 aliphatic carbocycles. The number of nitrogens with one attached hydrogen (secondary N) is 1. The van der Waals surface area contributed by atoms with Crippen molar-refractivity contribution >= 4 is 39.4 Å². The zero-order chi connectivity index (χ0) is 32.4. The van der Waals surface area contributed by atoms with Crippen LogP contribution < -0.4 is 33.4 Å². The number of carbonyl (C=O) groups excluding carboxylic acids is 1. The third-order valence-electron chi connectivity index (χ3n) is 6.47. The molecule has 236 valence electrons. The van der Waals surface area contributed by atoms with Crippen LogP contribution in [-0.2, 0) is 21.4 Å². The number of benzene rings is 4. The van der Waals surface area contributed by atoms with E-state index in [2.05, 4.69) is 10.5 Å². The highest BCUT2D eigenvalue weighted by Gasteiger charge is 2.30. The van der Waals surface area contributed by atoms with Crippen molar-refractivity contribution in [1.82, 2.24) is 5.43 Å². The van der Waals surface area contributed by atoms with Crippen molar-refractivity contribution in [3.05, 3.63) is 101 Å². The number of hydrogen-bond donors (Lipinski definition) is 1. The molecule has 0 bridgehead atoms. The van der Waals surface area contributed by atoms with Crippen LogP contribution in [0, 0.1) is 0 Å². The number of hydrogen-bond acceptors (Lipinski definition) is 9. The normalized spacial score (nSPS) is 11.1. The second-order valence-electron chi connectivity index (χ2n) is 9.32. The fourth-order valence-corrected chi connectivity index (χ4v) is 5.83. The maximum atomic E-state index is 13.9. The third-order valence-corrected chi connectivity index (χ3v) is 8.46. The summed E-state index contributed by atoms with van der Waals surface area (Å²) in [6.45, 7) is -0.291. The Kier molecular flexibility index (Phi) is 11.1. The Balaban J connectivity index is 1.55. The Labute approximate surface area is 266 Å². The van der Waals surface area contributed by atoms with Crippen molar-refractivity contribution in [2.24, 2.45) is 5.10 Å². The molecule has 0 saturated heterocycles. The summed E-state index contributed by atoms with van der Waals surface area (Å²) in [7, 11) is 1.36. The van der Waals surface area contributed by atoms with Crippen LogP contribution in [0.1, 0.15) is 11.1 Å². The molecule has 1 N–H and O–H groups in total. The van der Waals surface area contributed by atoms with Crippen LogP contribution in [0.3, 0.4) is 0 Å². The Bertz CT molecular complexity index is 1770. The molecule has 0 unspecified atom stereocenters. The van der Waals surface area contributed by atoms with Crippen molar-refractivity contribution < 1.29 is 36.9 Å². The van der Waals surface area contributed by atoms with E-state index in [-0.39, 0.29) is 27.1 Å². The van der Waals surface area contributed by atoms with Crippen LogP contribution in [0.2, 0.25) is 5.02 Å². The number of halogens is 1. The van der Waals surface area contributed by atoms with Gasteiger partial charge in [0.15, 0.2) is 23.0 Å². The van der Waals surface area contributed by atoms with Crippen molar-refractivity contribution in [3.8, 4) is 28.7 Å². The van der Waals surface area contributed by atoms with E-state index in [9.17, 15) is 13.2 Å². The minimum absolute atomic E-state index is 0.0507. The van der Waals surface area contributed by atoms with Crippen LogP contribution in [0.4, 0.5) is 5.69 Å². The first kappa shape index (κ1) is 33.0. The van der Waals surface area contributed by atoms with Crippen molar-refractivity contribution in [1.29, 1.82) is 0 Å². The van der Waals surface area contributed by atoms with Gasteiger partial charge in [0.1, 0.15) is 18.9 Å². The van der Waals surface area contributed by atoms with E-state index in [1.807, 2.05) is 30.3 Å². The number of rotatable bonds is 14. The lowest BCUT2D eigenvalue weighted by Gasteiger charge is -2.25. The van der Waals surface area contributed by atoms with Crippen molar-refractivity contribution in [3.63, 3.8) is 0 Å². The summed E-state index contributed by atoms with van der Waals surface area (Å²) in [5, 5.41) is 4.25. The van der Waals surface area contributed by atoms with E-state index in [1.165, 1.54) is 65.0 Å². The van der Waals surface area contributed by atoms with Crippen molar-refractivity contribution in [2.75, 3.05) is 39.3 Å². The number of sulfonamides is 1. The van der Waals surface area contributed by atoms with Gasteiger partial charge in [-0.15, -0.1) is 0 Å². The minimum Gasteiger partial charge on any atom is -0.495 e. The monoisotopic (exact) mass is 653 g/mol. The van der Waals surface area contributed by atoms with Crippen molar-refractivity contribution in [2.45, 2.75) is 11.5 Å². The molecule has 0 aromatic heterocycles. The highest BCUT2D eigenvalue weighted by Crippen LogP contribution is 2.37. The van der Waals surface area contributed by atoms with E-state index in [0.717, 1.165) is 9.87 Å². The second-order valence-corrected chi connectivity index (χ2v) is 11.6. The number of ether oxygens (including phenoxy) is 5. The lowest BCUT2D eigenvalue weighted by Crippen LogP contribution is -2.39. The fraction of sp³-hybridized carbons (Fsp3) is 0.188. The van der Waals surface area contributed by atoms with Crippen LogP contribution in [0.5, 0.6) is 28.7 Å². The largest absolute Gasteiger partial charge is 0.495 e. The lowest BCUT2D eigenvalue weighted by molar-refractivity contribution is -0.119. The molecule has 4 rings (SSSR count). The summed E-state index contributed by atoms with van der Waals surface area (Å²) >= 11 is 6.22. The van der Waals surface area contributed by atoms with Crippen LogP contribution >= 0.6 is 11.6 Å². The van der Waals surface area contributed by atoms with E-state index in [4.69, 9.17) is 35.3 Å². The van der Waals surface area contributed by atoms with E-state index >= 15 is 0 Å². The molecule has 0 spiro atoms. The molecule has 0 atom stereocenters. The minimum atomic E-state index is -4.36. The van der Waals surface area contributed by atoms with Gasteiger partial charge < -0.3 is 23.7 Å². The third kappa shape index (κ3) is 8.16. The first-order valence-electron chi connectivity index (χ1n) is 13.4. The molecule has 0 radical (unpaired) electrons. The molecule has 13 heteroatoms. The van der Waals surface area contributed by atoms with Crippen LogP contribution in [0.25, 0.3) is 0 Å². The van der Waals surface area contributed by atoms with Gasteiger partial charge in [-0.3, -0.25) is 9.10 Å². The van der Waals surface area contributed by atoms with E-state index < -0.39 is 22.5 Å². The SMILES string of the molecule is COc1ccc(S(=O)(=O)N(CC(=O)N/N=C\c2ccc(OCc3ccccc3)c(OC)c2)c2cc(Cl)ccc2OC)cc1OC. The Hall–Kier alpha value is -4.94. The Morgan fingerprint density at radius 3 is 2.13 bits per heavy atom. The van der Waals surface area contributed by atoms with Gasteiger partial charge >= 0.3 is 0 Å². The van der Waals surface area contributed by atoms with Gasteiger partial charge in [-0.25, -0.2) is 13.8 Å². The van der Waals surface area contributed by atoms with Gasteiger partial charge in [-0.2, -0.15) is 5.10 Å².